The second-order valence-corrected chi connectivity index (χ2v) is 6.51. The third-order valence-electron chi connectivity index (χ3n) is 4.05. The first-order valence-electron chi connectivity index (χ1n) is 8.16. The predicted octanol–water partition coefficient (Wildman–Crippen LogP) is 2.52. The molecule has 2 rings (SSSR count). The number of rotatable bonds is 7. The summed E-state index contributed by atoms with van der Waals surface area (Å²) in [6, 6.07) is 3.46. The number of furan rings is 1. The van der Waals surface area contributed by atoms with Crippen molar-refractivity contribution in [2.24, 2.45) is 11.8 Å². The lowest BCUT2D eigenvalue weighted by Gasteiger charge is -2.34. The van der Waals surface area contributed by atoms with Gasteiger partial charge in [-0.3, -0.25) is 4.79 Å². The van der Waals surface area contributed by atoms with Crippen LogP contribution >= 0.6 is 0 Å². The standard InChI is InChI=1S/C17H28N2O3/c1-13-9-14(2)11-19(10-13)8-4-7-18-17(20)16-6-5-15(22-16)12-21-3/h5-6,13-14H,4,7-12H2,1-3H3,(H,18,20). The molecule has 2 atom stereocenters. The van der Waals surface area contributed by atoms with Crippen LogP contribution in [0.2, 0.25) is 0 Å². The van der Waals surface area contributed by atoms with Gasteiger partial charge in [-0.2, -0.15) is 0 Å². The van der Waals surface area contributed by atoms with Crippen LogP contribution in [0, 0.1) is 11.8 Å². The maximum Gasteiger partial charge on any atom is 0.286 e. The van der Waals surface area contributed by atoms with Gasteiger partial charge in [0.1, 0.15) is 12.4 Å². The van der Waals surface area contributed by atoms with Crippen molar-refractivity contribution < 1.29 is 13.9 Å². The van der Waals surface area contributed by atoms with Crippen molar-refractivity contribution in [2.45, 2.75) is 33.3 Å². The van der Waals surface area contributed by atoms with E-state index in [2.05, 4.69) is 24.1 Å². The van der Waals surface area contributed by atoms with E-state index in [4.69, 9.17) is 9.15 Å². The minimum absolute atomic E-state index is 0.150. The van der Waals surface area contributed by atoms with Gasteiger partial charge in [0.25, 0.3) is 5.91 Å². The molecular weight excluding hydrogens is 280 g/mol. The summed E-state index contributed by atoms with van der Waals surface area (Å²) in [5, 5.41) is 2.92. The Kier molecular flexibility index (Phi) is 6.46. The summed E-state index contributed by atoms with van der Waals surface area (Å²) in [6.45, 7) is 9.10. The fourth-order valence-electron chi connectivity index (χ4n) is 3.29. The van der Waals surface area contributed by atoms with Crippen molar-refractivity contribution >= 4 is 5.91 Å². The van der Waals surface area contributed by atoms with Gasteiger partial charge in [-0.05, 0) is 43.4 Å². The molecule has 0 saturated carbocycles. The Morgan fingerprint density at radius 1 is 1.36 bits per heavy atom. The molecule has 0 aliphatic carbocycles. The van der Waals surface area contributed by atoms with Crippen LogP contribution in [-0.4, -0.2) is 44.1 Å². The zero-order valence-corrected chi connectivity index (χ0v) is 13.9. The number of nitrogens with one attached hydrogen (secondary N) is 1. The highest BCUT2D eigenvalue weighted by Gasteiger charge is 2.21. The Morgan fingerprint density at radius 2 is 2.09 bits per heavy atom. The lowest BCUT2D eigenvalue weighted by atomic mass is 9.92. The van der Waals surface area contributed by atoms with Crippen molar-refractivity contribution in [1.29, 1.82) is 0 Å². The van der Waals surface area contributed by atoms with Crippen molar-refractivity contribution in [2.75, 3.05) is 33.3 Å². The Morgan fingerprint density at radius 3 is 2.77 bits per heavy atom. The largest absolute Gasteiger partial charge is 0.453 e. The number of likely N-dealkylation sites (tertiary alicyclic amines) is 1. The molecule has 0 spiro atoms. The summed E-state index contributed by atoms with van der Waals surface area (Å²) >= 11 is 0. The van der Waals surface area contributed by atoms with E-state index >= 15 is 0 Å². The van der Waals surface area contributed by atoms with Gasteiger partial charge in [0.15, 0.2) is 5.76 Å². The smallest absolute Gasteiger partial charge is 0.286 e. The van der Waals surface area contributed by atoms with Crippen molar-refractivity contribution in [3.05, 3.63) is 23.7 Å². The van der Waals surface area contributed by atoms with Crippen LogP contribution in [0.25, 0.3) is 0 Å². The summed E-state index contributed by atoms with van der Waals surface area (Å²) < 4.78 is 10.4. The first-order valence-corrected chi connectivity index (χ1v) is 8.16. The summed E-state index contributed by atoms with van der Waals surface area (Å²) in [5.74, 6) is 2.43. The van der Waals surface area contributed by atoms with Crippen LogP contribution < -0.4 is 5.32 Å². The number of carbonyl (C=O) groups is 1. The molecule has 5 heteroatoms. The number of amides is 1. The molecule has 1 fully saturated rings. The van der Waals surface area contributed by atoms with Gasteiger partial charge >= 0.3 is 0 Å². The number of piperidine rings is 1. The molecule has 22 heavy (non-hydrogen) atoms. The Labute approximate surface area is 133 Å². The monoisotopic (exact) mass is 308 g/mol. The number of ether oxygens (including phenoxy) is 1. The summed E-state index contributed by atoms with van der Waals surface area (Å²) in [7, 11) is 1.60. The molecule has 2 unspecified atom stereocenters. The van der Waals surface area contributed by atoms with E-state index in [0.29, 0.717) is 24.7 Å². The van der Waals surface area contributed by atoms with E-state index < -0.39 is 0 Å². The van der Waals surface area contributed by atoms with E-state index in [-0.39, 0.29) is 5.91 Å². The summed E-state index contributed by atoms with van der Waals surface area (Å²) in [6.07, 6.45) is 2.30. The van der Waals surface area contributed by atoms with Gasteiger partial charge in [-0.15, -0.1) is 0 Å². The number of nitrogens with zero attached hydrogens (tertiary/aromatic N) is 1. The molecule has 1 N–H and O–H groups in total. The molecule has 1 saturated heterocycles. The van der Waals surface area contributed by atoms with Gasteiger partial charge in [-0.1, -0.05) is 13.8 Å². The van der Waals surface area contributed by atoms with Gasteiger partial charge in [0.2, 0.25) is 0 Å². The second kappa shape index (κ2) is 8.34. The molecule has 1 aliphatic rings. The van der Waals surface area contributed by atoms with Gasteiger partial charge in [0, 0.05) is 26.7 Å². The molecule has 1 aliphatic heterocycles. The molecule has 1 amide bonds. The SMILES string of the molecule is COCc1ccc(C(=O)NCCCN2CC(C)CC(C)C2)o1. The Bertz CT molecular complexity index is 462. The highest BCUT2D eigenvalue weighted by Crippen LogP contribution is 2.20. The Hall–Kier alpha value is -1.33. The topological polar surface area (TPSA) is 54.7 Å². The van der Waals surface area contributed by atoms with E-state index in [1.807, 2.05) is 0 Å². The lowest BCUT2D eigenvalue weighted by molar-refractivity contribution is 0.0911. The summed E-state index contributed by atoms with van der Waals surface area (Å²) in [4.78, 5) is 14.5. The molecule has 5 nitrogen and oxygen atoms in total. The zero-order chi connectivity index (χ0) is 15.9. The molecule has 0 radical (unpaired) electrons. The van der Waals surface area contributed by atoms with Crippen molar-refractivity contribution in [1.82, 2.24) is 10.2 Å². The average molecular weight is 308 g/mol. The molecule has 0 bridgehead atoms. The minimum Gasteiger partial charge on any atom is -0.453 e. The van der Waals surface area contributed by atoms with Crippen LogP contribution in [0.3, 0.4) is 0 Å². The van der Waals surface area contributed by atoms with Crippen LogP contribution in [0.1, 0.15) is 43.0 Å². The highest BCUT2D eigenvalue weighted by molar-refractivity contribution is 5.91. The van der Waals surface area contributed by atoms with Gasteiger partial charge in [-0.25, -0.2) is 0 Å². The zero-order valence-electron chi connectivity index (χ0n) is 13.9. The number of hydrogen-bond acceptors (Lipinski definition) is 4. The maximum absolute atomic E-state index is 12.0. The average Bonchev–Trinajstić information content (AvgIpc) is 2.91. The molecule has 1 aromatic heterocycles. The molecule has 2 heterocycles. The van der Waals surface area contributed by atoms with Gasteiger partial charge in [0.05, 0.1) is 0 Å². The molecule has 1 aromatic rings. The molecule has 124 valence electrons. The number of hydrogen-bond donors (Lipinski definition) is 1. The van der Waals surface area contributed by atoms with E-state index in [1.54, 1.807) is 19.2 Å². The lowest BCUT2D eigenvalue weighted by Crippen LogP contribution is -2.40. The third-order valence-corrected chi connectivity index (χ3v) is 4.05. The highest BCUT2D eigenvalue weighted by atomic mass is 16.5. The van der Waals surface area contributed by atoms with Crippen LogP contribution in [0.15, 0.2) is 16.5 Å². The van der Waals surface area contributed by atoms with Crippen molar-refractivity contribution in [3.63, 3.8) is 0 Å². The van der Waals surface area contributed by atoms with Crippen LogP contribution in [0.5, 0.6) is 0 Å². The maximum atomic E-state index is 12.0. The van der Waals surface area contributed by atoms with Crippen LogP contribution in [0.4, 0.5) is 0 Å². The van der Waals surface area contributed by atoms with E-state index in [1.165, 1.54) is 19.5 Å². The second-order valence-electron chi connectivity index (χ2n) is 6.51. The molecular formula is C17H28N2O3. The van der Waals surface area contributed by atoms with Crippen LogP contribution in [-0.2, 0) is 11.3 Å². The first kappa shape index (κ1) is 17.0. The normalized spacial score (nSPS) is 22.7. The number of methoxy groups -OCH3 is 1. The fraction of sp³-hybridized carbons (Fsp3) is 0.706. The summed E-state index contributed by atoms with van der Waals surface area (Å²) in [5.41, 5.74) is 0. The Balaban J connectivity index is 1.66. The first-order chi connectivity index (χ1) is 10.6. The minimum atomic E-state index is -0.150. The fourth-order valence-corrected chi connectivity index (χ4v) is 3.29. The van der Waals surface area contributed by atoms with E-state index in [9.17, 15) is 4.79 Å². The number of carbonyl (C=O) groups excluding carboxylic acids is 1. The van der Waals surface area contributed by atoms with E-state index in [0.717, 1.165) is 24.8 Å². The predicted molar refractivity (Wildman–Crippen MR) is 85.8 cm³/mol. The van der Waals surface area contributed by atoms with Crippen molar-refractivity contribution in [3.8, 4) is 0 Å². The molecule has 0 aromatic carbocycles. The van der Waals surface area contributed by atoms with Gasteiger partial charge < -0.3 is 19.4 Å². The third kappa shape index (κ3) is 5.14. The quantitative estimate of drug-likeness (QED) is 0.787.